The van der Waals surface area contributed by atoms with Gasteiger partial charge in [0.2, 0.25) is 10.0 Å². The molecule has 0 bridgehead atoms. The Kier molecular flexibility index (Phi) is 5.29. The summed E-state index contributed by atoms with van der Waals surface area (Å²) in [6, 6.07) is 10.5. The van der Waals surface area contributed by atoms with Crippen LogP contribution in [-0.2, 0) is 16.6 Å². The molecule has 0 aliphatic heterocycles. The normalized spacial score (nSPS) is 11.8. The van der Waals surface area contributed by atoms with Gasteiger partial charge in [-0.05, 0) is 25.1 Å². The van der Waals surface area contributed by atoms with E-state index in [9.17, 15) is 8.42 Å². The van der Waals surface area contributed by atoms with E-state index in [4.69, 9.17) is 23.2 Å². The first-order valence-corrected chi connectivity index (χ1v) is 10.7. The summed E-state index contributed by atoms with van der Waals surface area (Å²) in [4.78, 5) is 5.34. The van der Waals surface area contributed by atoms with Crippen LogP contribution in [0.1, 0.15) is 10.6 Å². The van der Waals surface area contributed by atoms with Crippen molar-refractivity contribution < 1.29 is 8.42 Å². The molecule has 0 amide bonds. The minimum absolute atomic E-state index is 0.172. The van der Waals surface area contributed by atoms with Gasteiger partial charge >= 0.3 is 0 Å². The van der Waals surface area contributed by atoms with Crippen molar-refractivity contribution in [1.82, 2.24) is 9.71 Å². The molecule has 1 aromatic carbocycles. The molecule has 0 unspecified atom stereocenters. The predicted octanol–water partition coefficient (Wildman–Crippen LogP) is 4.97. The van der Waals surface area contributed by atoms with E-state index in [1.54, 1.807) is 12.1 Å². The molecule has 4 nitrogen and oxygen atoms in total. The number of sulfonamides is 1. The van der Waals surface area contributed by atoms with Gasteiger partial charge in [0.15, 0.2) is 0 Å². The van der Waals surface area contributed by atoms with Crippen molar-refractivity contribution >= 4 is 55.9 Å². The molecular weight excluding hydrogens is 407 g/mol. The van der Waals surface area contributed by atoms with E-state index in [2.05, 4.69) is 9.71 Å². The molecule has 2 aromatic heterocycles. The third-order valence-corrected chi connectivity index (χ3v) is 7.88. The molecule has 0 aliphatic carbocycles. The first-order chi connectivity index (χ1) is 11.4. The Balaban J connectivity index is 1.81. The van der Waals surface area contributed by atoms with Crippen molar-refractivity contribution in [3.63, 3.8) is 0 Å². The van der Waals surface area contributed by atoms with Gasteiger partial charge in [-0.2, -0.15) is 0 Å². The highest BCUT2D eigenvalue weighted by atomic mass is 35.5. The number of nitrogens with zero attached hydrogens (tertiary/aromatic N) is 1. The van der Waals surface area contributed by atoms with Gasteiger partial charge in [0, 0.05) is 17.0 Å². The maximum Gasteiger partial charge on any atom is 0.250 e. The van der Waals surface area contributed by atoms with Crippen LogP contribution in [0.4, 0.5) is 0 Å². The Morgan fingerprint density at radius 3 is 2.54 bits per heavy atom. The Morgan fingerprint density at radius 2 is 1.88 bits per heavy atom. The molecule has 0 spiro atoms. The van der Waals surface area contributed by atoms with Crippen molar-refractivity contribution in [2.24, 2.45) is 0 Å². The van der Waals surface area contributed by atoms with Gasteiger partial charge in [-0.25, -0.2) is 18.1 Å². The summed E-state index contributed by atoms with van der Waals surface area (Å²) in [7, 11) is -3.58. The molecule has 24 heavy (non-hydrogen) atoms. The average molecular weight is 419 g/mol. The van der Waals surface area contributed by atoms with Crippen LogP contribution in [0.15, 0.2) is 40.6 Å². The van der Waals surface area contributed by atoms with E-state index in [-0.39, 0.29) is 10.8 Å². The topological polar surface area (TPSA) is 59.1 Å². The van der Waals surface area contributed by atoms with E-state index >= 15 is 0 Å². The number of nitrogens with one attached hydrogen (secondary N) is 1. The van der Waals surface area contributed by atoms with Gasteiger partial charge in [-0.3, -0.25) is 0 Å². The molecule has 126 valence electrons. The highest BCUT2D eigenvalue weighted by molar-refractivity contribution is 7.91. The number of thiazole rings is 1. The van der Waals surface area contributed by atoms with Crippen LogP contribution < -0.4 is 4.72 Å². The van der Waals surface area contributed by atoms with Gasteiger partial charge in [0.1, 0.15) is 9.22 Å². The Hall–Kier alpha value is -0.960. The summed E-state index contributed by atoms with van der Waals surface area (Å²) in [5.74, 6) is 0. The summed E-state index contributed by atoms with van der Waals surface area (Å²) >= 11 is 14.4. The number of hydrogen-bond acceptors (Lipinski definition) is 5. The zero-order chi connectivity index (χ0) is 17.3. The highest BCUT2D eigenvalue weighted by Gasteiger charge is 2.18. The number of rotatable bonds is 5. The maximum absolute atomic E-state index is 12.3. The van der Waals surface area contributed by atoms with Crippen LogP contribution in [0.25, 0.3) is 10.6 Å². The van der Waals surface area contributed by atoms with Crippen molar-refractivity contribution in [2.45, 2.75) is 17.7 Å². The molecule has 0 radical (unpaired) electrons. The lowest BCUT2D eigenvalue weighted by molar-refractivity contribution is 0.584. The van der Waals surface area contributed by atoms with Crippen LogP contribution in [0, 0.1) is 6.92 Å². The summed E-state index contributed by atoms with van der Waals surface area (Å²) in [5.41, 5.74) is 1.62. The fraction of sp³-hybridized carbons (Fsp3) is 0.133. The van der Waals surface area contributed by atoms with E-state index < -0.39 is 10.0 Å². The van der Waals surface area contributed by atoms with Gasteiger partial charge in [0.05, 0.1) is 15.1 Å². The SMILES string of the molecule is Cc1nc(-c2ccccc2Cl)sc1CNS(=O)(=O)c1ccc(Cl)s1. The van der Waals surface area contributed by atoms with E-state index in [0.717, 1.165) is 32.5 Å². The Morgan fingerprint density at radius 1 is 1.12 bits per heavy atom. The molecule has 0 saturated heterocycles. The average Bonchev–Trinajstić information content (AvgIpc) is 3.12. The number of thiophene rings is 1. The first kappa shape index (κ1) is 17.8. The van der Waals surface area contributed by atoms with Gasteiger partial charge in [-0.1, -0.05) is 41.4 Å². The molecule has 3 aromatic rings. The third kappa shape index (κ3) is 3.82. The number of hydrogen-bond donors (Lipinski definition) is 1. The lowest BCUT2D eigenvalue weighted by Crippen LogP contribution is -2.22. The van der Waals surface area contributed by atoms with E-state index in [1.165, 1.54) is 17.4 Å². The van der Waals surface area contributed by atoms with Crippen molar-refractivity contribution in [1.29, 1.82) is 0 Å². The molecule has 0 aliphatic rings. The summed E-state index contributed by atoms with van der Waals surface area (Å²) in [5, 5.41) is 1.39. The summed E-state index contributed by atoms with van der Waals surface area (Å²) < 4.78 is 27.7. The quantitative estimate of drug-likeness (QED) is 0.636. The lowest BCUT2D eigenvalue weighted by Gasteiger charge is -2.03. The van der Waals surface area contributed by atoms with Crippen molar-refractivity contribution in [2.75, 3.05) is 0 Å². The highest BCUT2D eigenvalue weighted by Crippen LogP contribution is 2.33. The van der Waals surface area contributed by atoms with Gasteiger partial charge in [-0.15, -0.1) is 22.7 Å². The second-order valence-corrected chi connectivity index (χ2v) is 10.1. The molecule has 9 heteroatoms. The number of aryl methyl sites for hydroxylation is 1. The zero-order valence-electron chi connectivity index (χ0n) is 12.4. The molecule has 0 atom stereocenters. The van der Waals surface area contributed by atoms with Gasteiger partial charge in [0.25, 0.3) is 0 Å². The molecule has 2 heterocycles. The monoisotopic (exact) mass is 418 g/mol. The second-order valence-electron chi connectivity index (χ2n) is 4.89. The molecule has 3 rings (SSSR count). The third-order valence-electron chi connectivity index (χ3n) is 3.23. The summed E-state index contributed by atoms with van der Waals surface area (Å²) in [6.45, 7) is 2.02. The van der Waals surface area contributed by atoms with Crippen LogP contribution in [0.3, 0.4) is 0 Å². The fourth-order valence-electron chi connectivity index (χ4n) is 2.02. The smallest absolute Gasteiger partial charge is 0.241 e. The lowest BCUT2D eigenvalue weighted by atomic mass is 10.2. The van der Waals surface area contributed by atoms with Crippen molar-refractivity contribution in [3.05, 3.63) is 56.3 Å². The predicted molar refractivity (Wildman–Crippen MR) is 101 cm³/mol. The minimum Gasteiger partial charge on any atom is -0.241 e. The fourth-order valence-corrected chi connectivity index (χ4v) is 5.95. The maximum atomic E-state index is 12.3. The van der Waals surface area contributed by atoms with Crippen LogP contribution in [-0.4, -0.2) is 13.4 Å². The van der Waals surface area contributed by atoms with Gasteiger partial charge < -0.3 is 0 Å². The second kappa shape index (κ2) is 7.11. The molecule has 0 fully saturated rings. The van der Waals surface area contributed by atoms with E-state index in [0.29, 0.717) is 9.36 Å². The number of halogens is 2. The van der Waals surface area contributed by atoms with Crippen LogP contribution >= 0.6 is 45.9 Å². The molecule has 1 N–H and O–H groups in total. The van der Waals surface area contributed by atoms with Crippen LogP contribution in [0.2, 0.25) is 9.36 Å². The standard InChI is InChI=1S/C15H12Cl2N2O2S3/c1-9-12(8-18-24(20,21)14-7-6-13(17)23-14)22-15(19-9)10-4-2-3-5-11(10)16/h2-7,18H,8H2,1H3. The molecular formula is C15H12Cl2N2O2S3. The number of aromatic nitrogens is 1. The Labute approximate surface area is 158 Å². The van der Waals surface area contributed by atoms with E-state index in [1.807, 2.05) is 25.1 Å². The minimum atomic E-state index is -3.58. The first-order valence-electron chi connectivity index (χ1n) is 6.83. The largest absolute Gasteiger partial charge is 0.250 e. The molecule has 0 saturated carbocycles. The zero-order valence-corrected chi connectivity index (χ0v) is 16.4. The number of benzene rings is 1. The Bertz CT molecular complexity index is 980. The summed E-state index contributed by atoms with van der Waals surface area (Å²) in [6.07, 6.45) is 0. The van der Waals surface area contributed by atoms with Crippen LogP contribution in [0.5, 0.6) is 0 Å². The van der Waals surface area contributed by atoms with Crippen molar-refractivity contribution in [3.8, 4) is 10.6 Å².